The summed E-state index contributed by atoms with van der Waals surface area (Å²) in [5.74, 6) is -0.432. The van der Waals surface area contributed by atoms with Crippen LogP contribution in [0.5, 0.6) is 0 Å². The second-order valence-corrected chi connectivity index (χ2v) is 7.96. The third kappa shape index (κ3) is 6.60. The van der Waals surface area contributed by atoms with Crippen molar-refractivity contribution in [1.82, 2.24) is 0 Å². The van der Waals surface area contributed by atoms with Crippen LogP contribution in [0.2, 0.25) is 10.0 Å². The van der Waals surface area contributed by atoms with Gasteiger partial charge >= 0.3 is 5.97 Å². The van der Waals surface area contributed by atoms with E-state index in [-0.39, 0.29) is 6.10 Å². The van der Waals surface area contributed by atoms with Gasteiger partial charge in [0.25, 0.3) is 0 Å². The Kier molecular flexibility index (Phi) is 7.70. The van der Waals surface area contributed by atoms with E-state index in [2.05, 4.69) is 24.3 Å². The van der Waals surface area contributed by atoms with Crippen molar-refractivity contribution >= 4 is 29.2 Å². The second kappa shape index (κ2) is 10.4. The predicted molar refractivity (Wildman–Crippen MR) is 117 cm³/mol. The fourth-order valence-electron chi connectivity index (χ4n) is 3.33. The van der Waals surface area contributed by atoms with E-state index in [4.69, 9.17) is 27.9 Å². The third-order valence-corrected chi connectivity index (χ3v) is 5.18. The molecule has 0 aliphatic carbocycles. The first-order chi connectivity index (χ1) is 14.0. The molecule has 3 nitrogen and oxygen atoms in total. The number of esters is 1. The Bertz CT molecular complexity index is 891. The number of carbonyl (C=O) groups excluding carboxylic acids is 1. The van der Waals surface area contributed by atoms with E-state index >= 15 is 0 Å². The van der Waals surface area contributed by atoms with Gasteiger partial charge in [-0.15, -0.1) is 0 Å². The van der Waals surface area contributed by atoms with Crippen molar-refractivity contribution in [3.05, 3.63) is 106 Å². The van der Waals surface area contributed by atoms with Crippen LogP contribution in [0, 0.1) is 0 Å². The number of rotatable bonds is 8. The molecule has 150 valence electrons. The summed E-state index contributed by atoms with van der Waals surface area (Å²) in [6, 6.07) is 25.5. The molecule has 0 saturated heterocycles. The largest absolute Gasteiger partial charge is 0.453 e. The minimum absolute atomic E-state index is 0.267. The molecule has 3 rings (SSSR count). The fourth-order valence-corrected chi connectivity index (χ4v) is 3.81. The highest BCUT2D eigenvalue weighted by atomic mass is 35.5. The molecule has 0 aliphatic rings. The molecule has 0 heterocycles. The van der Waals surface area contributed by atoms with Crippen LogP contribution in [0.3, 0.4) is 0 Å². The van der Waals surface area contributed by atoms with Crippen LogP contribution in [0.4, 0.5) is 0 Å². The summed E-state index contributed by atoms with van der Waals surface area (Å²) in [5, 5.41) is 0.786. The van der Waals surface area contributed by atoms with Crippen LogP contribution in [0.1, 0.15) is 28.4 Å². The highest BCUT2D eigenvalue weighted by Gasteiger charge is 2.20. The fraction of sp³-hybridized carbons (Fsp3) is 0.208. The van der Waals surface area contributed by atoms with Crippen molar-refractivity contribution < 1.29 is 14.4 Å². The molecule has 3 aromatic carbocycles. The first-order valence-corrected chi connectivity index (χ1v) is 10.3. The normalized spacial score (nSPS) is 12.0. The molecule has 0 saturated carbocycles. The van der Waals surface area contributed by atoms with E-state index < -0.39 is 5.97 Å². The molecule has 1 atom stereocenters. The Hall–Kier alpha value is -2.33. The maximum absolute atomic E-state index is 12.5. The number of halogens is 2. The number of nitrogens with one attached hydrogen (secondary N) is 1. The molecule has 3 aromatic rings. The molecular weight excluding hydrogens is 405 g/mol. The van der Waals surface area contributed by atoms with Gasteiger partial charge in [0.05, 0.1) is 10.6 Å². The van der Waals surface area contributed by atoms with Crippen molar-refractivity contribution in [2.24, 2.45) is 0 Å². The first-order valence-electron chi connectivity index (χ1n) is 9.58. The van der Waals surface area contributed by atoms with Crippen molar-refractivity contribution in [3.8, 4) is 0 Å². The zero-order valence-electron chi connectivity index (χ0n) is 16.3. The van der Waals surface area contributed by atoms with Gasteiger partial charge in [-0.25, -0.2) is 4.79 Å². The molecule has 0 amide bonds. The highest BCUT2D eigenvalue weighted by Crippen LogP contribution is 2.22. The number of quaternary nitrogens is 1. The summed E-state index contributed by atoms with van der Waals surface area (Å²) in [7, 11) is 0. The zero-order valence-corrected chi connectivity index (χ0v) is 17.8. The van der Waals surface area contributed by atoms with Crippen molar-refractivity contribution in [2.75, 3.05) is 6.54 Å². The van der Waals surface area contributed by atoms with Crippen molar-refractivity contribution in [2.45, 2.75) is 26.1 Å². The summed E-state index contributed by atoms with van der Waals surface area (Å²) in [6.45, 7) is 4.29. The van der Waals surface area contributed by atoms with Gasteiger partial charge in [-0.1, -0.05) is 83.9 Å². The smallest absolute Gasteiger partial charge is 0.340 e. The molecule has 0 unspecified atom stereocenters. The minimum Gasteiger partial charge on any atom is -0.453 e. The number of carbonyl (C=O) groups is 1. The molecule has 29 heavy (non-hydrogen) atoms. The van der Waals surface area contributed by atoms with E-state index in [1.54, 1.807) is 18.2 Å². The van der Waals surface area contributed by atoms with Gasteiger partial charge in [-0.2, -0.15) is 0 Å². The first kappa shape index (κ1) is 21.4. The third-order valence-electron chi connectivity index (χ3n) is 4.63. The van der Waals surface area contributed by atoms with Crippen LogP contribution in [0.25, 0.3) is 0 Å². The van der Waals surface area contributed by atoms with Crippen molar-refractivity contribution in [3.63, 3.8) is 0 Å². The van der Waals surface area contributed by atoms with Crippen LogP contribution in [0.15, 0.2) is 78.9 Å². The van der Waals surface area contributed by atoms with Gasteiger partial charge in [0.1, 0.15) is 25.7 Å². The molecule has 0 spiro atoms. The Morgan fingerprint density at radius 1 is 0.897 bits per heavy atom. The number of hydrogen-bond acceptors (Lipinski definition) is 2. The average molecular weight is 429 g/mol. The SMILES string of the molecule is C[C@@H](C[NH+](Cc1ccccc1)Cc1ccccc1)OC(=O)c1ccc(Cl)cc1Cl. The van der Waals surface area contributed by atoms with Gasteiger partial charge < -0.3 is 9.64 Å². The summed E-state index contributed by atoms with van der Waals surface area (Å²) >= 11 is 12.0. The lowest BCUT2D eigenvalue weighted by Crippen LogP contribution is -3.10. The van der Waals surface area contributed by atoms with Crippen LogP contribution in [-0.4, -0.2) is 18.6 Å². The molecule has 0 fully saturated rings. The Labute approximate surface area is 181 Å². The molecule has 0 bridgehead atoms. The lowest BCUT2D eigenvalue weighted by atomic mass is 10.1. The molecule has 0 aliphatic heterocycles. The van der Waals surface area contributed by atoms with Crippen molar-refractivity contribution in [1.29, 1.82) is 0 Å². The summed E-state index contributed by atoms with van der Waals surface area (Å²) in [6.07, 6.45) is -0.267. The van der Waals surface area contributed by atoms with Crippen LogP contribution >= 0.6 is 23.2 Å². The molecule has 0 aromatic heterocycles. The van der Waals surface area contributed by atoms with Crippen LogP contribution < -0.4 is 4.90 Å². The number of benzene rings is 3. The zero-order chi connectivity index (χ0) is 20.6. The standard InChI is InChI=1S/C24H23Cl2NO2/c1-18(29-24(28)22-13-12-21(25)14-23(22)26)15-27(16-19-8-4-2-5-9-19)17-20-10-6-3-7-11-20/h2-14,18H,15-17H2,1H3/p+1/t18-/m0/s1. The summed E-state index contributed by atoms with van der Waals surface area (Å²) < 4.78 is 5.68. The lowest BCUT2D eigenvalue weighted by Gasteiger charge is -2.23. The van der Waals surface area contributed by atoms with Gasteiger partial charge in [0.15, 0.2) is 0 Å². The van der Waals surface area contributed by atoms with Gasteiger partial charge in [0.2, 0.25) is 0 Å². The van der Waals surface area contributed by atoms with Crippen LogP contribution in [-0.2, 0) is 17.8 Å². The lowest BCUT2D eigenvalue weighted by molar-refractivity contribution is -0.930. The molecule has 0 radical (unpaired) electrons. The summed E-state index contributed by atoms with van der Waals surface area (Å²) in [4.78, 5) is 13.8. The maximum atomic E-state index is 12.5. The second-order valence-electron chi connectivity index (χ2n) is 7.12. The maximum Gasteiger partial charge on any atom is 0.340 e. The Morgan fingerprint density at radius 3 is 1.97 bits per heavy atom. The average Bonchev–Trinajstić information content (AvgIpc) is 2.69. The molecule has 5 heteroatoms. The van der Waals surface area contributed by atoms with Gasteiger partial charge in [-0.05, 0) is 25.1 Å². The topological polar surface area (TPSA) is 30.7 Å². The number of hydrogen-bond donors (Lipinski definition) is 1. The predicted octanol–water partition coefficient (Wildman–Crippen LogP) is 4.82. The van der Waals surface area contributed by atoms with E-state index in [0.717, 1.165) is 13.1 Å². The Morgan fingerprint density at radius 2 is 1.45 bits per heavy atom. The van der Waals surface area contributed by atoms with E-state index in [9.17, 15) is 4.79 Å². The van der Waals surface area contributed by atoms with E-state index in [1.807, 2.05) is 43.3 Å². The summed E-state index contributed by atoms with van der Waals surface area (Å²) in [5.41, 5.74) is 2.82. The number of ether oxygens (including phenoxy) is 1. The highest BCUT2D eigenvalue weighted by molar-refractivity contribution is 6.36. The van der Waals surface area contributed by atoms with E-state index in [0.29, 0.717) is 22.2 Å². The molecule has 1 N–H and O–H groups in total. The minimum atomic E-state index is -0.432. The van der Waals surface area contributed by atoms with Gasteiger partial charge in [-0.3, -0.25) is 0 Å². The molecular formula is C24H24Cl2NO2+. The van der Waals surface area contributed by atoms with E-state index in [1.165, 1.54) is 16.0 Å². The Balaban J connectivity index is 1.67. The van der Waals surface area contributed by atoms with Gasteiger partial charge in [0, 0.05) is 16.1 Å². The quantitative estimate of drug-likeness (QED) is 0.521. The monoisotopic (exact) mass is 428 g/mol.